The molecule has 0 aliphatic heterocycles. The van der Waals surface area contributed by atoms with Gasteiger partial charge in [0.1, 0.15) is 18.2 Å². The van der Waals surface area contributed by atoms with Gasteiger partial charge in [-0.2, -0.15) is 4.68 Å². The van der Waals surface area contributed by atoms with E-state index in [1.54, 1.807) is 16.8 Å². The van der Waals surface area contributed by atoms with Crippen LogP contribution in [0.15, 0.2) is 48.5 Å². The second-order valence-corrected chi connectivity index (χ2v) is 5.63. The van der Waals surface area contributed by atoms with E-state index in [4.69, 9.17) is 4.74 Å². The van der Waals surface area contributed by atoms with Crippen molar-refractivity contribution in [2.45, 2.75) is 13.3 Å². The highest BCUT2D eigenvalue weighted by Crippen LogP contribution is 2.11. The Balaban J connectivity index is 1.43. The molecule has 0 aliphatic rings. The fraction of sp³-hybridized carbons (Fsp3) is 0.222. The molecule has 8 heteroatoms. The van der Waals surface area contributed by atoms with Crippen LogP contribution >= 0.6 is 0 Å². The van der Waals surface area contributed by atoms with Gasteiger partial charge < -0.3 is 10.1 Å². The van der Waals surface area contributed by atoms with E-state index >= 15 is 0 Å². The molecule has 3 rings (SSSR count). The predicted octanol–water partition coefficient (Wildman–Crippen LogP) is 1.85. The van der Waals surface area contributed by atoms with Crippen molar-refractivity contribution < 1.29 is 13.9 Å². The minimum absolute atomic E-state index is 0.0981. The first-order valence-electron chi connectivity index (χ1n) is 8.11. The Kier molecular flexibility index (Phi) is 5.52. The topological polar surface area (TPSA) is 81.9 Å². The van der Waals surface area contributed by atoms with Crippen molar-refractivity contribution in [3.63, 3.8) is 0 Å². The second kappa shape index (κ2) is 8.19. The quantitative estimate of drug-likeness (QED) is 0.654. The summed E-state index contributed by atoms with van der Waals surface area (Å²) < 4.78 is 19.8. The number of benzene rings is 2. The summed E-state index contributed by atoms with van der Waals surface area (Å²) in [5, 5.41) is 14.1. The van der Waals surface area contributed by atoms with Gasteiger partial charge in [0, 0.05) is 0 Å². The van der Waals surface area contributed by atoms with Crippen LogP contribution in [0.2, 0.25) is 0 Å². The number of tetrazole rings is 1. The van der Waals surface area contributed by atoms with Gasteiger partial charge >= 0.3 is 0 Å². The van der Waals surface area contributed by atoms with E-state index in [-0.39, 0.29) is 18.1 Å². The second-order valence-electron chi connectivity index (χ2n) is 5.63. The average Bonchev–Trinajstić information content (AvgIpc) is 3.07. The number of hydrogen-bond donors (Lipinski definition) is 1. The summed E-state index contributed by atoms with van der Waals surface area (Å²) in [4.78, 5) is 12.0. The number of halogens is 1. The number of aromatic nitrogens is 4. The number of nitrogens with one attached hydrogen (secondary N) is 1. The lowest BCUT2D eigenvalue weighted by Gasteiger charge is -2.08. The fourth-order valence-electron chi connectivity index (χ4n) is 2.36. The van der Waals surface area contributed by atoms with Crippen LogP contribution in [-0.4, -0.2) is 39.3 Å². The number of amides is 1. The van der Waals surface area contributed by atoms with E-state index in [1.165, 1.54) is 12.1 Å². The van der Waals surface area contributed by atoms with Gasteiger partial charge in [-0.05, 0) is 59.3 Å². The van der Waals surface area contributed by atoms with E-state index < -0.39 is 0 Å². The molecule has 0 radical (unpaired) electrons. The molecule has 7 nitrogen and oxygen atoms in total. The van der Waals surface area contributed by atoms with Crippen LogP contribution in [0.25, 0.3) is 5.69 Å². The highest BCUT2D eigenvalue weighted by molar-refractivity contribution is 5.78. The third-order valence-electron chi connectivity index (χ3n) is 3.68. The minimum atomic E-state index is -0.313. The molecule has 26 heavy (non-hydrogen) atoms. The molecular weight excluding hydrogens is 337 g/mol. The molecule has 3 aromatic rings. The van der Waals surface area contributed by atoms with Gasteiger partial charge in [-0.25, -0.2) is 4.39 Å². The Morgan fingerprint density at radius 3 is 2.54 bits per heavy atom. The molecule has 2 aromatic carbocycles. The summed E-state index contributed by atoms with van der Waals surface area (Å²) in [6.07, 6.45) is 0.269. The van der Waals surface area contributed by atoms with Crippen molar-refractivity contribution in [2.24, 2.45) is 0 Å². The Hall–Kier alpha value is -3.29. The number of aryl methyl sites for hydroxylation is 1. The van der Waals surface area contributed by atoms with Crippen molar-refractivity contribution in [2.75, 3.05) is 13.2 Å². The Bertz CT molecular complexity index is 862. The lowest BCUT2D eigenvalue weighted by molar-refractivity contribution is -0.120. The van der Waals surface area contributed by atoms with Crippen LogP contribution in [0.3, 0.4) is 0 Å². The summed E-state index contributed by atoms with van der Waals surface area (Å²) in [6.45, 7) is 2.50. The molecule has 0 unspecified atom stereocenters. The summed E-state index contributed by atoms with van der Waals surface area (Å²) in [5.41, 5.74) is 1.72. The van der Waals surface area contributed by atoms with E-state index in [2.05, 4.69) is 20.8 Å². The van der Waals surface area contributed by atoms with Crippen molar-refractivity contribution in [1.82, 2.24) is 25.5 Å². The van der Waals surface area contributed by atoms with Gasteiger partial charge in [0.15, 0.2) is 5.82 Å². The van der Waals surface area contributed by atoms with Crippen LogP contribution in [0.1, 0.15) is 11.4 Å². The molecule has 1 aromatic heterocycles. The molecule has 0 saturated carbocycles. The molecule has 0 aliphatic carbocycles. The number of hydrogen-bond acceptors (Lipinski definition) is 5. The Labute approximate surface area is 149 Å². The summed E-state index contributed by atoms with van der Waals surface area (Å²) in [5.74, 6) is 0.844. The first-order valence-corrected chi connectivity index (χ1v) is 8.11. The molecular formula is C18H18FN5O2. The van der Waals surface area contributed by atoms with Crippen LogP contribution in [0, 0.1) is 12.7 Å². The Morgan fingerprint density at radius 1 is 1.15 bits per heavy atom. The Morgan fingerprint density at radius 2 is 1.88 bits per heavy atom. The maximum Gasteiger partial charge on any atom is 0.224 e. The van der Waals surface area contributed by atoms with Crippen molar-refractivity contribution in [1.29, 1.82) is 0 Å². The van der Waals surface area contributed by atoms with Gasteiger partial charge in [0.25, 0.3) is 0 Å². The van der Waals surface area contributed by atoms with E-state index in [1.807, 2.05) is 31.2 Å². The first kappa shape index (κ1) is 17.5. The molecule has 0 fully saturated rings. The standard InChI is InChI=1S/C18H18FN5O2/c1-13-21-22-23-24(13)16-6-2-14(3-7-16)12-18(25)20-10-11-26-17-8-4-15(19)5-9-17/h2-9H,10-12H2,1H3,(H,20,25). The van der Waals surface area contributed by atoms with Crippen LogP contribution in [-0.2, 0) is 11.2 Å². The van der Waals surface area contributed by atoms with Gasteiger partial charge in [0.2, 0.25) is 5.91 Å². The predicted molar refractivity (Wildman–Crippen MR) is 92.5 cm³/mol. The zero-order valence-corrected chi connectivity index (χ0v) is 14.2. The van der Waals surface area contributed by atoms with Crippen LogP contribution in [0.4, 0.5) is 4.39 Å². The highest BCUT2D eigenvalue weighted by atomic mass is 19.1. The molecule has 1 heterocycles. The molecule has 1 amide bonds. The van der Waals surface area contributed by atoms with E-state index in [9.17, 15) is 9.18 Å². The van der Waals surface area contributed by atoms with Gasteiger partial charge in [-0.15, -0.1) is 5.10 Å². The zero-order chi connectivity index (χ0) is 18.4. The first-order chi connectivity index (χ1) is 12.6. The summed E-state index contributed by atoms with van der Waals surface area (Å²) in [6, 6.07) is 13.2. The van der Waals surface area contributed by atoms with Crippen molar-refractivity contribution in [3.8, 4) is 11.4 Å². The monoisotopic (exact) mass is 355 g/mol. The van der Waals surface area contributed by atoms with Crippen molar-refractivity contribution >= 4 is 5.91 Å². The molecule has 0 bridgehead atoms. The summed E-state index contributed by atoms with van der Waals surface area (Å²) >= 11 is 0. The largest absolute Gasteiger partial charge is 0.492 e. The molecule has 1 N–H and O–H groups in total. The minimum Gasteiger partial charge on any atom is -0.492 e. The SMILES string of the molecule is Cc1nnnn1-c1ccc(CC(=O)NCCOc2ccc(F)cc2)cc1. The third kappa shape index (κ3) is 4.62. The van der Waals surface area contributed by atoms with E-state index in [0.717, 1.165) is 11.3 Å². The third-order valence-corrected chi connectivity index (χ3v) is 3.68. The van der Waals surface area contributed by atoms with Gasteiger partial charge in [-0.3, -0.25) is 4.79 Å². The summed E-state index contributed by atoms with van der Waals surface area (Å²) in [7, 11) is 0. The smallest absolute Gasteiger partial charge is 0.224 e. The molecule has 0 spiro atoms. The van der Waals surface area contributed by atoms with Crippen LogP contribution in [0.5, 0.6) is 5.75 Å². The maximum atomic E-state index is 12.8. The van der Waals surface area contributed by atoms with E-state index in [0.29, 0.717) is 24.7 Å². The van der Waals surface area contributed by atoms with Gasteiger partial charge in [-0.1, -0.05) is 12.1 Å². The average molecular weight is 355 g/mol. The van der Waals surface area contributed by atoms with Crippen LogP contribution < -0.4 is 10.1 Å². The number of ether oxygens (including phenoxy) is 1. The van der Waals surface area contributed by atoms with Crippen molar-refractivity contribution in [3.05, 3.63) is 65.7 Å². The molecule has 134 valence electrons. The number of carbonyl (C=O) groups is 1. The number of rotatable bonds is 7. The normalized spacial score (nSPS) is 10.5. The maximum absolute atomic E-state index is 12.8. The number of carbonyl (C=O) groups excluding carboxylic acids is 1. The number of nitrogens with zero attached hydrogens (tertiary/aromatic N) is 4. The lowest BCUT2D eigenvalue weighted by Crippen LogP contribution is -2.29. The highest BCUT2D eigenvalue weighted by Gasteiger charge is 2.06. The molecule has 0 atom stereocenters. The zero-order valence-electron chi connectivity index (χ0n) is 14.2. The lowest BCUT2D eigenvalue weighted by atomic mass is 10.1. The fourth-order valence-corrected chi connectivity index (χ4v) is 2.36. The molecule has 0 saturated heterocycles. The van der Waals surface area contributed by atoms with Gasteiger partial charge in [0.05, 0.1) is 18.7 Å².